The zero-order valence-electron chi connectivity index (χ0n) is 24.8. The molecule has 0 spiro atoms. The lowest BCUT2D eigenvalue weighted by atomic mass is 9.82. The van der Waals surface area contributed by atoms with E-state index in [-0.39, 0.29) is 18.0 Å². The summed E-state index contributed by atoms with van der Waals surface area (Å²) in [5.74, 6) is -0.381. The average Bonchev–Trinajstić information content (AvgIpc) is 3.19. The first-order chi connectivity index (χ1) is 19.7. The van der Waals surface area contributed by atoms with Gasteiger partial charge in [0.25, 0.3) is 0 Å². The SMILES string of the molecule is C=C(C)C(=O)OCCOCCc1ccc(N(c2ccc(C)c(C)c2)c2ccc3c(c2)C(C)(C)c2ccccc2-3)cc1. The predicted molar refractivity (Wildman–Crippen MR) is 168 cm³/mol. The molecule has 4 heteroatoms. The van der Waals surface area contributed by atoms with E-state index in [1.54, 1.807) is 6.92 Å². The molecule has 0 saturated heterocycles. The van der Waals surface area contributed by atoms with Gasteiger partial charge in [-0.2, -0.15) is 0 Å². The Morgan fingerprint density at radius 2 is 1.41 bits per heavy atom. The molecule has 0 aliphatic heterocycles. The molecule has 4 nitrogen and oxygen atoms in total. The minimum Gasteiger partial charge on any atom is -0.460 e. The van der Waals surface area contributed by atoms with Crippen molar-refractivity contribution in [3.8, 4) is 11.1 Å². The minimum absolute atomic E-state index is 0.0660. The number of anilines is 3. The van der Waals surface area contributed by atoms with Crippen LogP contribution in [0.4, 0.5) is 17.1 Å². The molecule has 1 aliphatic rings. The molecule has 0 radical (unpaired) electrons. The van der Waals surface area contributed by atoms with Gasteiger partial charge in [0.2, 0.25) is 0 Å². The lowest BCUT2D eigenvalue weighted by Crippen LogP contribution is -2.16. The molecule has 0 saturated carbocycles. The highest BCUT2D eigenvalue weighted by molar-refractivity contribution is 5.87. The Morgan fingerprint density at radius 3 is 2.15 bits per heavy atom. The van der Waals surface area contributed by atoms with Gasteiger partial charge in [0, 0.05) is 28.1 Å². The lowest BCUT2D eigenvalue weighted by molar-refractivity contribution is -0.140. The number of hydrogen-bond donors (Lipinski definition) is 0. The Morgan fingerprint density at radius 1 is 0.756 bits per heavy atom. The molecule has 5 rings (SSSR count). The van der Waals surface area contributed by atoms with Gasteiger partial charge < -0.3 is 14.4 Å². The van der Waals surface area contributed by atoms with Gasteiger partial charge in [-0.05, 0) is 103 Å². The van der Waals surface area contributed by atoms with Crippen molar-refractivity contribution in [2.24, 2.45) is 0 Å². The largest absolute Gasteiger partial charge is 0.460 e. The second kappa shape index (κ2) is 11.8. The molecule has 0 bridgehead atoms. The van der Waals surface area contributed by atoms with E-state index in [4.69, 9.17) is 9.47 Å². The molecule has 4 aromatic carbocycles. The maximum absolute atomic E-state index is 11.5. The van der Waals surface area contributed by atoms with E-state index in [0.717, 1.165) is 23.5 Å². The summed E-state index contributed by atoms with van der Waals surface area (Å²) in [7, 11) is 0. The van der Waals surface area contributed by atoms with Crippen LogP contribution in [0.25, 0.3) is 11.1 Å². The van der Waals surface area contributed by atoms with Crippen LogP contribution >= 0.6 is 0 Å². The van der Waals surface area contributed by atoms with Crippen LogP contribution in [0.15, 0.2) is 97.1 Å². The third kappa shape index (κ3) is 5.84. The third-order valence-corrected chi connectivity index (χ3v) is 8.11. The smallest absolute Gasteiger partial charge is 0.333 e. The van der Waals surface area contributed by atoms with E-state index < -0.39 is 0 Å². The van der Waals surface area contributed by atoms with Crippen LogP contribution in [-0.4, -0.2) is 25.8 Å². The fourth-order valence-corrected chi connectivity index (χ4v) is 5.56. The Kier molecular flexibility index (Phi) is 8.14. The maximum Gasteiger partial charge on any atom is 0.333 e. The zero-order valence-corrected chi connectivity index (χ0v) is 24.8. The van der Waals surface area contributed by atoms with Gasteiger partial charge in [-0.25, -0.2) is 4.79 Å². The van der Waals surface area contributed by atoms with Crippen molar-refractivity contribution in [3.05, 3.63) is 125 Å². The van der Waals surface area contributed by atoms with Gasteiger partial charge in [-0.15, -0.1) is 0 Å². The molecule has 210 valence electrons. The van der Waals surface area contributed by atoms with Crippen molar-refractivity contribution in [1.82, 2.24) is 0 Å². The summed E-state index contributed by atoms with van der Waals surface area (Å²) in [6.45, 7) is 15.4. The van der Waals surface area contributed by atoms with Gasteiger partial charge in [0.1, 0.15) is 6.61 Å². The molecular weight excluding hydrogens is 506 g/mol. The van der Waals surface area contributed by atoms with E-state index >= 15 is 0 Å². The summed E-state index contributed by atoms with van der Waals surface area (Å²) < 4.78 is 10.8. The summed E-state index contributed by atoms with van der Waals surface area (Å²) in [4.78, 5) is 13.8. The van der Waals surface area contributed by atoms with Crippen molar-refractivity contribution in [3.63, 3.8) is 0 Å². The monoisotopic (exact) mass is 545 g/mol. The van der Waals surface area contributed by atoms with Gasteiger partial charge in [0.05, 0.1) is 13.2 Å². The Hall–Kier alpha value is -4.15. The summed E-state index contributed by atoms with van der Waals surface area (Å²) in [6, 6.07) is 31.0. The second-order valence-corrected chi connectivity index (χ2v) is 11.4. The molecule has 0 heterocycles. The number of esters is 1. The summed E-state index contributed by atoms with van der Waals surface area (Å²) in [5.41, 5.74) is 12.9. The molecule has 0 N–H and O–H groups in total. The second-order valence-electron chi connectivity index (χ2n) is 11.4. The number of carbonyl (C=O) groups excluding carboxylic acids is 1. The Labute approximate surface area is 244 Å². The van der Waals surface area contributed by atoms with E-state index in [1.165, 1.54) is 38.9 Å². The fraction of sp³-hybridized carbons (Fsp3) is 0.270. The van der Waals surface area contributed by atoms with Crippen LogP contribution < -0.4 is 4.90 Å². The Balaban J connectivity index is 1.38. The van der Waals surface area contributed by atoms with E-state index in [1.807, 2.05) is 0 Å². The average molecular weight is 546 g/mol. The molecule has 0 amide bonds. The van der Waals surface area contributed by atoms with Crippen LogP contribution in [0.1, 0.15) is 48.6 Å². The molecular formula is C37H39NO3. The van der Waals surface area contributed by atoms with Crippen molar-refractivity contribution < 1.29 is 14.3 Å². The van der Waals surface area contributed by atoms with Crippen molar-refractivity contribution >= 4 is 23.0 Å². The fourth-order valence-electron chi connectivity index (χ4n) is 5.56. The van der Waals surface area contributed by atoms with E-state index in [2.05, 4.69) is 124 Å². The number of fused-ring (bicyclic) bond motifs is 3. The molecule has 0 fully saturated rings. The summed E-state index contributed by atoms with van der Waals surface area (Å²) >= 11 is 0. The predicted octanol–water partition coefficient (Wildman–Crippen LogP) is 8.76. The molecule has 0 unspecified atom stereocenters. The number of carbonyl (C=O) groups is 1. The molecule has 0 aromatic heterocycles. The number of ether oxygens (including phenoxy) is 2. The van der Waals surface area contributed by atoms with Crippen LogP contribution in [0.2, 0.25) is 0 Å². The van der Waals surface area contributed by atoms with Gasteiger partial charge in [-0.1, -0.05) is 69.0 Å². The van der Waals surface area contributed by atoms with Crippen LogP contribution in [0.5, 0.6) is 0 Å². The molecule has 4 aromatic rings. The van der Waals surface area contributed by atoms with Crippen molar-refractivity contribution in [2.45, 2.75) is 46.5 Å². The highest BCUT2D eigenvalue weighted by Gasteiger charge is 2.35. The number of nitrogens with zero attached hydrogens (tertiary/aromatic N) is 1. The quantitative estimate of drug-likeness (QED) is 0.113. The number of rotatable bonds is 10. The van der Waals surface area contributed by atoms with Gasteiger partial charge in [-0.3, -0.25) is 0 Å². The first kappa shape index (κ1) is 28.4. The highest BCUT2D eigenvalue weighted by atomic mass is 16.6. The van der Waals surface area contributed by atoms with Crippen LogP contribution in [-0.2, 0) is 26.1 Å². The van der Waals surface area contributed by atoms with Crippen molar-refractivity contribution in [2.75, 3.05) is 24.7 Å². The summed E-state index contributed by atoms with van der Waals surface area (Å²) in [5, 5.41) is 0. The minimum atomic E-state index is -0.381. The number of aryl methyl sites for hydroxylation is 2. The number of hydrogen-bond acceptors (Lipinski definition) is 4. The third-order valence-electron chi connectivity index (χ3n) is 8.11. The standard InChI is InChI=1S/C37H39NO3/c1-25(2)36(39)41-22-21-40-20-19-28-12-15-29(16-13-28)38(30-14-11-26(3)27(4)23-30)31-17-18-33-32-9-7-8-10-34(32)37(5,6)35(33)24-31/h7-18,23-24H,1,19-22H2,2-6H3. The lowest BCUT2D eigenvalue weighted by Gasteiger charge is -2.28. The number of benzene rings is 4. The molecule has 1 aliphatic carbocycles. The van der Waals surface area contributed by atoms with Gasteiger partial charge >= 0.3 is 5.97 Å². The zero-order chi connectivity index (χ0) is 29.1. The molecule has 0 atom stereocenters. The Bertz CT molecular complexity index is 1580. The van der Waals surface area contributed by atoms with E-state index in [9.17, 15) is 4.79 Å². The first-order valence-electron chi connectivity index (χ1n) is 14.3. The topological polar surface area (TPSA) is 38.8 Å². The van der Waals surface area contributed by atoms with Crippen molar-refractivity contribution in [1.29, 1.82) is 0 Å². The molecule has 41 heavy (non-hydrogen) atoms. The normalized spacial score (nSPS) is 12.9. The van der Waals surface area contributed by atoms with E-state index in [0.29, 0.717) is 18.8 Å². The van der Waals surface area contributed by atoms with Gasteiger partial charge in [0.15, 0.2) is 0 Å². The summed E-state index contributed by atoms with van der Waals surface area (Å²) in [6.07, 6.45) is 0.781. The first-order valence-corrected chi connectivity index (χ1v) is 14.3. The van der Waals surface area contributed by atoms with Crippen LogP contribution in [0.3, 0.4) is 0 Å². The van der Waals surface area contributed by atoms with Crippen LogP contribution in [0, 0.1) is 13.8 Å². The maximum atomic E-state index is 11.5. The highest BCUT2D eigenvalue weighted by Crippen LogP contribution is 2.50.